The van der Waals surface area contributed by atoms with Crippen LogP contribution in [0.4, 0.5) is 4.79 Å². The molecule has 0 aliphatic heterocycles. The maximum absolute atomic E-state index is 10.1. The molecule has 0 amide bonds. The standard InChI is InChI=1S/C15H30O3/c1-4-5-10-14(13(2)3)11-8-6-7-9-12-18-15(16)17/h13-14H,4-12H2,1-3H3,(H,16,17). The zero-order valence-electron chi connectivity index (χ0n) is 12.3. The summed E-state index contributed by atoms with van der Waals surface area (Å²) in [5.74, 6) is 1.65. The van der Waals surface area contributed by atoms with E-state index in [0.29, 0.717) is 6.61 Å². The van der Waals surface area contributed by atoms with Gasteiger partial charge >= 0.3 is 6.16 Å². The number of carbonyl (C=O) groups is 1. The molecule has 0 aromatic carbocycles. The van der Waals surface area contributed by atoms with E-state index in [1.54, 1.807) is 0 Å². The first kappa shape index (κ1) is 17.3. The maximum atomic E-state index is 10.1. The van der Waals surface area contributed by atoms with Crippen LogP contribution in [0, 0.1) is 11.8 Å². The van der Waals surface area contributed by atoms with E-state index in [1.807, 2.05) is 0 Å². The van der Waals surface area contributed by atoms with E-state index in [1.165, 1.54) is 38.5 Å². The van der Waals surface area contributed by atoms with E-state index in [-0.39, 0.29) is 0 Å². The monoisotopic (exact) mass is 258 g/mol. The first-order valence-corrected chi connectivity index (χ1v) is 7.43. The molecule has 0 saturated carbocycles. The Morgan fingerprint density at radius 3 is 2.22 bits per heavy atom. The van der Waals surface area contributed by atoms with Gasteiger partial charge in [0.1, 0.15) is 0 Å². The first-order valence-electron chi connectivity index (χ1n) is 7.43. The summed E-state index contributed by atoms with van der Waals surface area (Å²) in [6, 6.07) is 0. The lowest BCUT2D eigenvalue weighted by Crippen LogP contribution is -2.08. The van der Waals surface area contributed by atoms with E-state index in [0.717, 1.165) is 24.7 Å². The predicted octanol–water partition coefficient (Wildman–Crippen LogP) is 5.09. The number of carboxylic acid groups (broad SMARTS) is 1. The lowest BCUT2D eigenvalue weighted by atomic mass is 9.86. The van der Waals surface area contributed by atoms with Gasteiger partial charge in [-0.05, 0) is 18.3 Å². The van der Waals surface area contributed by atoms with Gasteiger partial charge in [-0.1, -0.05) is 65.7 Å². The molecule has 3 nitrogen and oxygen atoms in total. The summed E-state index contributed by atoms with van der Waals surface area (Å²) >= 11 is 0. The van der Waals surface area contributed by atoms with Gasteiger partial charge in [0.05, 0.1) is 6.61 Å². The summed E-state index contributed by atoms with van der Waals surface area (Å²) in [6.07, 6.45) is 8.53. The van der Waals surface area contributed by atoms with Gasteiger partial charge in [0.2, 0.25) is 0 Å². The van der Waals surface area contributed by atoms with Gasteiger partial charge in [-0.2, -0.15) is 0 Å². The molecule has 1 atom stereocenters. The van der Waals surface area contributed by atoms with E-state index >= 15 is 0 Å². The number of hydrogen-bond donors (Lipinski definition) is 1. The lowest BCUT2D eigenvalue weighted by Gasteiger charge is -2.20. The molecule has 0 rings (SSSR count). The molecule has 0 heterocycles. The van der Waals surface area contributed by atoms with Gasteiger partial charge in [-0.15, -0.1) is 0 Å². The lowest BCUT2D eigenvalue weighted by molar-refractivity contribution is 0.0899. The quantitative estimate of drug-likeness (QED) is 0.414. The number of rotatable bonds is 11. The molecule has 0 fully saturated rings. The predicted molar refractivity (Wildman–Crippen MR) is 74.9 cm³/mol. The summed E-state index contributed by atoms with van der Waals surface area (Å²) in [4.78, 5) is 10.1. The molecule has 18 heavy (non-hydrogen) atoms. The van der Waals surface area contributed by atoms with Crippen molar-refractivity contribution in [3.63, 3.8) is 0 Å². The fourth-order valence-corrected chi connectivity index (χ4v) is 2.30. The van der Waals surface area contributed by atoms with Gasteiger partial charge in [-0.25, -0.2) is 4.79 Å². The Kier molecular flexibility index (Phi) is 10.9. The van der Waals surface area contributed by atoms with Crippen molar-refractivity contribution in [1.29, 1.82) is 0 Å². The highest BCUT2D eigenvalue weighted by atomic mass is 16.7. The Balaban J connectivity index is 3.46. The highest BCUT2D eigenvalue weighted by Gasteiger charge is 2.11. The van der Waals surface area contributed by atoms with Crippen molar-refractivity contribution in [2.24, 2.45) is 11.8 Å². The molecular formula is C15H30O3. The Bertz CT molecular complexity index is 202. The molecule has 1 unspecified atom stereocenters. The Morgan fingerprint density at radius 1 is 1.06 bits per heavy atom. The summed E-state index contributed by atoms with van der Waals surface area (Å²) in [6.45, 7) is 7.24. The number of hydrogen-bond acceptors (Lipinski definition) is 2. The minimum absolute atomic E-state index is 0.346. The van der Waals surface area contributed by atoms with Crippen LogP contribution in [0.5, 0.6) is 0 Å². The van der Waals surface area contributed by atoms with Crippen molar-refractivity contribution in [2.75, 3.05) is 6.61 Å². The molecule has 0 saturated heterocycles. The van der Waals surface area contributed by atoms with Gasteiger partial charge in [0, 0.05) is 0 Å². The highest BCUT2D eigenvalue weighted by Crippen LogP contribution is 2.24. The molecule has 3 heteroatoms. The average Bonchev–Trinajstić information content (AvgIpc) is 2.30. The van der Waals surface area contributed by atoms with Crippen LogP contribution in [-0.4, -0.2) is 17.9 Å². The summed E-state index contributed by atoms with van der Waals surface area (Å²) < 4.78 is 4.48. The zero-order chi connectivity index (χ0) is 13.8. The molecule has 0 aliphatic carbocycles. The van der Waals surface area contributed by atoms with Crippen LogP contribution in [0.15, 0.2) is 0 Å². The second kappa shape index (κ2) is 11.4. The van der Waals surface area contributed by atoms with Crippen LogP contribution in [0.1, 0.15) is 72.1 Å². The molecule has 0 aliphatic rings. The summed E-state index contributed by atoms with van der Waals surface area (Å²) in [5.41, 5.74) is 0. The normalized spacial score (nSPS) is 12.7. The van der Waals surface area contributed by atoms with Gasteiger partial charge in [0.25, 0.3) is 0 Å². The van der Waals surface area contributed by atoms with Gasteiger partial charge < -0.3 is 9.84 Å². The third kappa shape index (κ3) is 10.4. The van der Waals surface area contributed by atoms with E-state index in [4.69, 9.17) is 5.11 Å². The SMILES string of the molecule is CCCCC(CCCCCCOC(=O)O)C(C)C. The van der Waals surface area contributed by atoms with Crippen molar-refractivity contribution in [3.05, 3.63) is 0 Å². The smallest absolute Gasteiger partial charge is 0.450 e. The second-order valence-corrected chi connectivity index (χ2v) is 5.46. The van der Waals surface area contributed by atoms with E-state index in [9.17, 15) is 4.79 Å². The maximum Gasteiger partial charge on any atom is 0.505 e. The molecular weight excluding hydrogens is 228 g/mol. The molecule has 108 valence electrons. The highest BCUT2D eigenvalue weighted by molar-refractivity contribution is 5.56. The van der Waals surface area contributed by atoms with Crippen molar-refractivity contribution in [3.8, 4) is 0 Å². The van der Waals surface area contributed by atoms with Crippen molar-refractivity contribution in [1.82, 2.24) is 0 Å². The molecule has 1 N–H and O–H groups in total. The first-order chi connectivity index (χ1) is 8.57. The van der Waals surface area contributed by atoms with Crippen LogP contribution in [0.3, 0.4) is 0 Å². The van der Waals surface area contributed by atoms with Crippen molar-refractivity contribution < 1.29 is 14.6 Å². The molecule has 0 radical (unpaired) electrons. The fourth-order valence-electron chi connectivity index (χ4n) is 2.30. The number of ether oxygens (including phenoxy) is 1. The van der Waals surface area contributed by atoms with Crippen LogP contribution in [0.25, 0.3) is 0 Å². The summed E-state index contributed by atoms with van der Waals surface area (Å²) in [5, 5.41) is 8.31. The number of unbranched alkanes of at least 4 members (excludes halogenated alkanes) is 4. The molecule has 0 aromatic heterocycles. The molecule has 0 spiro atoms. The van der Waals surface area contributed by atoms with Crippen molar-refractivity contribution in [2.45, 2.75) is 72.1 Å². The molecule has 0 aromatic rings. The van der Waals surface area contributed by atoms with Gasteiger partial charge in [0.15, 0.2) is 0 Å². The minimum Gasteiger partial charge on any atom is -0.450 e. The Morgan fingerprint density at radius 2 is 1.67 bits per heavy atom. The Hall–Kier alpha value is -0.730. The minimum atomic E-state index is -1.16. The third-order valence-corrected chi connectivity index (χ3v) is 3.57. The van der Waals surface area contributed by atoms with Crippen LogP contribution in [-0.2, 0) is 4.74 Å². The topological polar surface area (TPSA) is 46.5 Å². The summed E-state index contributed by atoms with van der Waals surface area (Å²) in [7, 11) is 0. The molecule has 0 bridgehead atoms. The Labute approximate surface area is 112 Å². The van der Waals surface area contributed by atoms with E-state index < -0.39 is 6.16 Å². The second-order valence-electron chi connectivity index (χ2n) is 5.46. The van der Waals surface area contributed by atoms with Gasteiger partial charge in [-0.3, -0.25) is 0 Å². The van der Waals surface area contributed by atoms with Crippen LogP contribution >= 0.6 is 0 Å². The third-order valence-electron chi connectivity index (χ3n) is 3.57. The van der Waals surface area contributed by atoms with Crippen molar-refractivity contribution >= 4 is 6.16 Å². The zero-order valence-corrected chi connectivity index (χ0v) is 12.3. The average molecular weight is 258 g/mol. The largest absolute Gasteiger partial charge is 0.505 e. The fraction of sp³-hybridized carbons (Fsp3) is 0.933. The van der Waals surface area contributed by atoms with Crippen LogP contribution in [0.2, 0.25) is 0 Å². The van der Waals surface area contributed by atoms with Crippen LogP contribution < -0.4 is 0 Å². The van der Waals surface area contributed by atoms with E-state index in [2.05, 4.69) is 25.5 Å².